The molecule has 1 aromatic rings. The summed E-state index contributed by atoms with van der Waals surface area (Å²) in [6, 6.07) is 8.14. The largest absolute Gasteiger partial charge is 0.326 e. The number of nitrogens with one attached hydrogen (secondary N) is 1. The monoisotopic (exact) mass is 232 g/mol. The average molecular weight is 232 g/mol. The molecule has 0 unspecified atom stereocenters. The van der Waals surface area contributed by atoms with E-state index in [4.69, 9.17) is 0 Å². The fourth-order valence-corrected chi connectivity index (χ4v) is 2.25. The fraction of sp³-hybridized carbons (Fsp3) is 0.500. The zero-order valence-electron chi connectivity index (χ0n) is 10.4. The first-order valence-corrected chi connectivity index (χ1v) is 6.33. The van der Waals surface area contributed by atoms with E-state index in [9.17, 15) is 4.79 Å². The lowest BCUT2D eigenvalue weighted by Gasteiger charge is -2.14. The van der Waals surface area contributed by atoms with Crippen molar-refractivity contribution in [1.29, 1.82) is 0 Å². The molecule has 0 saturated carbocycles. The molecule has 1 saturated heterocycles. The van der Waals surface area contributed by atoms with Crippen molar-refractivity contribution < 1.29 is 4.79 Å². The maximum Gasteiger partial charge on any atom is 0.221 e. The van der Waals surface area contributed by atoms with E-state index in [1.807, 2.05) is 12.1 Å². The summed E-state index contributed by atoms with van der Waals surface area (Å²) < 4.78 is 0. The highest BCUT2D eigenvalue weighted by Gasteiger charge is 2.10. The summed E-state index contributed by atoms with van der Waals surface area (Å²) in [5.41, 5.74) is 2.22. The second-order valence-corrected chi connectivity index (χ2v) is 4.68. The van der Waals surface area contributed by atoms with Crippen LogP contribution in [0.3, 0.4) is 0 Å². The zero-order valence-corrected chi connectivity index (χ0v) is 10.4. The van der Waals surface area contributed by atoms with Crippen molar-refractivity contribution in [2.75, 3.05) is 25.0 Å². The van der Waals surface area contributed by atoms with Gasteiger partial charge in [0.1, 0.15) is 0 Å². The predicted octanol–water partition coefficient (Wildman–Crippen LogP) is 2.28. The maximum atomic E-state index is 10.9. The number of amides is 1. The van der Waals surface area contributed by atoms with Crippen molar-refractivity contribution in [1.82, 2.24) is 4.90 Å². The third kappa shape index (κ3) is 3.86. The van der Waals surface area contributed by atoms with Gasteiger partial charge in [0.25, 0.3) is 0 Å². The molecule has 1 fully saturated rings. The Kier molecular flexibility index (Phi) is 4.15. The van der Waals surface area contributed by atoms with Crippen LogP contribution in [0, 0.1) is 0 Å². The van der Waals surface area contributed by atoms with Crippen LogP contribution in [0.15, 0.2) is 24.3 Å². The number of rotatable bonds is 4. The van der Waals surface area contributed by atoms with Gasteiger partial charge in [-0.15, -0.1) is 0 Å². The summed E-state index contributed by atoms with van der Waals surface area (Å²) in [4.78, 5) is 13.4. The van der Waals surface area contributed by atoms with Gasteiger partial charge in [0.05, 0.1) is 0 Å². The molecule has 3 heteroatoms. The van der Waals surface area contributed by atoms with Gasteiger partial charge >= 0.3 is 0 Å². The van der Waals surface area contributed by atoms with Gasteiger partial charge in [-0.05, 0) is 50.0 Å². The molecule has 1 aromatic carbocycles. The molecule has 1 amide bonds. The molecule has 0 spiro atoms. The van der Waals surface area contributed by atoms with Crippen LogP contribution in [0.2, 0.25) is 0 Å². The molecule has 0 atom stereocenters. The van der Waals surface area contributed by atoms with Crippen LogP contribution in [0.1, 0.15) is 25.3 Å². The lowest BCUT2D eigenvalue weighted by Crippen LogP contribution is -2.21. The van der Waals surface area contributed by atoms with Crippen LogP contribution >= 0.6 is 0 Å². The first-order valence-electron chi connectivity index (χ1n) is 6.33. The molecule has 1 aliphatic heterocycles. The molecular weight excluding hydrogens is 212 g/mol. The highest BCUT2D eigenvalue weighted by molar-refractivity contribution is 5.88. The Morgan fingerprint density at radius 3 is 2.47 bits per heavy atom. The summed E-state index contributed by atoms with van der Waals surface area (Å²) >= 11 is 0. The van der Waals surface area contributed by atoms with Crippen LogP contribution in [-0.2, 0) is 11.2 Å². The minimum Gasteiger partial charge on any atom is -0.326 e. The predicted molar refractivity (Wildman–Crippen MR) is 70.1 cm³/mol. The van der Waals surface area contributed by atoms with E-state index in [0.29, 0.717) is 0 Å². The normalized spacial score (nSPS) is 16.1. The minimum atomic E-state index is -0.0187. The Bertz CT molecular complexity index is 366. The molecule has 0 radical (unpaired) electrons. The maximum absolute atomic E-state index is 10.9. The Labute approximate surface area is 103 Å². The Morgan fingerprint density at radius 1 is 1.24 bits per heavy atom. The van der Waals surface area contributed by atoms with Crippen molar-refractivity contribution in [3.05, 3.63) is 29.8 Å². The minimum absolute atomic E-state index is 0.0187. The van der Waals surface area contributed by atoms with Gasteiger partial charge in [0.15, 0.2) is 0 Å². The highest BCUT2D eigenvalue weighted by Crippen LogP contribution is 2.12. The molecule has 0 bridgehead atoms. The van der Waals surface area contributed by atoms with Crippen molar-refractivity contribution >= 4 is 11.6 Å². The molecular formula is C14H20N2O. The number of hydrogen-bond donors (Lipinski definition) is 1. The van der Waals surface area contributed by atoms with Gasteiger partial charge in [-0.2, -0.15) is 0 Å². The smallest absolute Gasteiger partial charge is 0.221 e. The Balaban J connectivity index is 1.82. The van der Waals surface area contributed by atoms with E-state index >= 15 is 0 Å². The van der Waals surface area contributed by atoms with Crippen molar-refractivity contribution in [3.63, 3.8) is 0 Å². The molecule has 3 nitrogen and oxygen atoms in total. The van der Waals surface area contributed by atoms with Crippen molar-refractivity contribution in [2.24, 2.45) is 0 Å². The molecule has 0 aromatic heterocycles. The van der Waals surface area contributed by atoms with Gasteiger partial charge < -0.3 is 10.2 Å². The van der Waals surface area contributed by atoms with Crippen LogP contribution in [-0.4, -0.2) is 30.4 Å². The van der Waals surface area contributed by atoms with Crippen LogP contribution in [0.4, 0.5) is 5.69 Å². The standard InChI is InChI=1S/C14H20N2O/c1-12(17)15-14-6-4-13(5-7-14)8-11-16-9-2-3-10-16/h4-7H,2-3,8-11H2,1H3,(H,15,17). The molecule has 1 heterocycles. The van der Waals surface area contributed by atoms with E-state index in [0.717, 1.165) is 18.7 Å². The third-order valence-electron chi connectivity index (χ3n) is 3.19. The third-order valence-corrected chi connectivity index (χ3v) is 3.19. The summed E-state index contributed by atoms with van der Waals surface area (Å²) in [5.74, 6) is -0.0187. The molecule has 0 aliphatic carbocycles. The zero-order chi connectivity index (χ0) is 12.1. The van der Waals surface area contributed by atoms with Crippen LogP contribution in [0.25, 0.3) is 0 Å². The molecule has 17 heavy (non-hydrogen) atoms. The van der Waals surface area contributed by atoms with E-state index in [-0.39, 0.29) is 5.91 Å². The van der Waals surface area contributed by atoms with E-state index in [1.165, 1.54) is 38.4 Å². The van der Waals surface area contributed by atoms with Gasteiger partial charge in [0, 0.05) is 19.2 Å². The Morgan fingerprint density at radius 2 is 1.88 bits per heavy atom. The SMILES string of the molecule is CC(=O)Nc1ccc(CCN2CCCC2)cc1. The first kappa shape index (κ1) is 12.1. The summed E-state index contributed by atoms with van der Waals surface area (Å²) in [7, 11) is 0. The first-order chi connectivity index (χ1) is 8.24. The highest BCUT2D eigenvalue weighted by atomic mass is 16.1. The van der Waals surface area contributed by atoms with Crippen LogP contribution in [0.5, 0.6) is 0 Å². The lowest BCUT2D eigenvalue weighted by molar-refractivity contribution is -0.114. The van der Waals surface area contributed by atoms with Gasteiger partial charge in [-0.1, -0.05) is 12.1 Å². The molecule has 2 rings (SSSR count). The van der Waals surface area contributed by atoms with Gasteiger partial charge in [0.2, 0.25) is 5.91 Å². The second kappa shape index (κ2) is 5.82. The topological polar surface area (TPSA) is 32.3 Å². The van der Waals surface area contributed by atoms with Crippen molar-refractivity contribution in [2.45, 2.75) is 26.2 Å². The van der Waals surface area contributed by atoms with Gasteiger partial charge in [-0.25, -0.2) is 0 Å². The number of carbonyl (C=O) groups is 1. The van der Waals surface area contributed by atoms with E-state index in [2.05, 4.69) is 22.3 Å². The van der Waals surface area contributed by atoms with Crippen molar-refractivity contribution in [3.8, 4) is 0 Å². The van der Waals surface area contributed by atoms with E-state index < -0.39 is 0 Å². The summed E-state index contributed by atoms with van der Waals surface area (Å²) in [6.45, 7) is 5.19. The quantitative estimate of drug-likeness (QED) is 0.863. The average Bonchev–Trinajstić information content (AvgIpc) is 2.80. The molecule has 92 valence electrons. The second-order valence-electron chi connectivity index (χ2n) is 4.68. The fourth-order valence-electron chi connectivity index (χ4n) is 2.25. The lowest BCUT2D eigenvalue weighted by atomic mass is 10.1. The number of likely N-dealkylation sites (tertiary alicyclic amines) is 1. The van der Waals surface area contributed by atoms with Gasteiger partial charge in [-0.3, -0.25) is 4.79 Å². The summed E-state index contributed by atoms with van der Waals surface area (Å²) in [5, 5.41) is 2.78. The Hall–Kier alpha value is -1.35. The number of nitrogens with zero attached hydrogens (tertiary/aromatic N) is 1. The number of hydrogen-bond acceptors (Lipinski definition) is 2. The molecule has 1 aliphatic rings. The van der Waals surface area contributed by atoms with Crippen LogP contribution < -0.4 is 5.32 Å². The number of benzene rings is 1. The summed E-state index contributed by atoms with van der Waals surface area (Å²) in [6.07, 6.45) is 3.79. The van der Waals surface area contributed by atoms with E-state index in [1.54, 1.807) is 0 Å². The number of anilines is 1. The number of carbonyl (C=O) groups excluding carboxylic acids is 1. The molecule has 1 N–H and O–H groups in total.